The van der Waals surface area contributed by atoms with Crippen molar-refractivity contribution in [1.82, 2.24) is 5.43 Å². The maximum atomic E-state index is 10.8. The molecule has 0 bridgehead atoms. The number of nitrogens with one attached hydrogen (secondary N) is 1. The highest BCUT2D eigenvalue weighted by Gasteiger charge is 2.02. The molecule has 1 rings (SSSR count). The minimum atomic E-state index is -0.259. The predicted molar refractivity (Wildman–Crippen MR) is 39.9 cm³/mol. The maximum absolute atomic E-state index is 10.8. The van der Waals surface area contributed by atoms with Crippen molar-refractivity contribution in [2.45, 2.75) is 6.42 Å². The molecule has 0 unspecified atom stereocenters. The molecule has 0 saturated heterocycles. The fraction of sp³-hybridized carbons (Fsp3) is 0.143. The monoisotopic (exact) mass is 168 g/mol. The van der Waals surface area contributed by atoms with E-state index in [1.54, 1.807) is 12.1 Å². The second-order valence-electron chi connectivity index (χ2n) is 2.33. The van der Waals surface area contributed by atoms with Gasteiger partial charge in [0.1, 0.15) is 0 Å². The first-order valence-electron chi connectivity index (χ1n) is 3.41. The number of carbonyl (C=O) groups is 1. The van der Waals surface area contributed by atoms with Gasteiger partial charge in [-0.2, -0.15) is 0 Å². The molecule has 0 saturated carbocycles. The van der Waals surface area contributed by atoms with Gasteiger partial charge >= 0.3 is 0 Å². The predicted octanol–water partition coefficient (Wildman–Crippen LogP) is -1.26. The molecule has 0 spiro atoms. The molecule has 1 heterocycles. The minimum absolute atomic E-state index is 0.220. The third kappa shape index (κ3) is 2.21. The Morgan fingerprint density at radius 3 is 2.67 bits per heavy atom. The van der Waals surface area contributed by atoms with Crippen molar-refractivity contribution in [3.8, 4) is 0 Å². The Morgan fingerprint density at radius 2 is 2.17 bits per heavy atom. The molecule has 64 valence electrons. The van der Waals surface area contributed by atoms with Crippen molar-refractivity contribution in [2.75, 3.05) is 0 Å². The zero-order valence-corrected chi connectivity index (χ0v) is 6.40. The summed E-state index contributed by atoms with van der Waals surface area (Å²) in [6.45, 7) is 0. The molecular weight excluding hydrogens is 158 g/mol. The molecule has 4 N–H and O–H groups in total. The lowest BCUT2D eigenvalue weighted by Gasteiger charge is -1.96. The molecule has 0 radical (unpaired) electrons. The van der Waals surface area contributed by atoms with Crippen LogP contribution in [0, 0.1) is 0 Å². The van der Waals surface area contributed by atoms with Crippen molar-refractivity contribution in [3.05, 3.63) is 30.1 Å². The number of rotatable bonds is 2. The van der Waals surface area contributed by atoms with Gasteiger partial charge in [-0.3, -0.25) is 15.4 Å². The molecule has 0 aliphatic rings. The van der Waals surface area contributed by atoms with E-state index in [1.165, 1.54) is 12.4 Å². The van der Waals surface area contributed by atoms with Gasteiger partial charge in [-0.15, -0.1) is 0 Å². The highest BCUT2D eigenvalue weighted by molar-refractivity contribution is 5.77. The number of nitrogens with two attached hydrogens (primary N) is 1. The Hall–Kier alpha value is -1.62. The van der Waals surface area contributed by atoms with Crippen molar-refractivity contribution in [2.24, 2.45) is 5.84 Å². The van der Waals surface area contributed by atoms with Crippen LogP contribution in [0.2, 0.25) is 0 Å². The summed E-state index contributed by atoms with van der Waals surface area (Å²) in [5, 5.41) is 8.84. The average Bonchev–Trinajstić information content (AvgIpc) is 2.09. The fourth-order valence-electron chi connectivity index (χ4n) is 0.804. The van der Waals surface area contributed by atoms with E-state index >= 15 is 0 Å². The zero-order valence-electron chi connectivity index (χ0n) is 6.40. The molecule has 5 nitrogen and oxygen atoms in total. The van der Waals surface area contributed by atoms with Gasteiger partial charge in [-0.05, 0) is 5.56 Å². The number of hydrogen-bond donors (Lipinski definition) is 3. The van der Waals surface area contributed by atoms with Crippen LogP contribution >= 0.6 is 0 Å². The summed E-state index contributed by atoms with van der Waals surface area (Å²) in [5.41, 5.74) is 2.81. The molecule has 0 aromatic carbocycles. The first kappa shape index (κ1) is 8.48. The van der Waals surface area contributed by atoms with Crippen LogP contribution in [0.4, 0.5) is 0 Å². The molecule has 5 heteroatoms. The van der Waals surface area contributed by atoms with E-state index in [4.69, 9.17) is 11.0 Å². The number of hydrogen-bond acceptors (Lipinski definition) is 3. The summed E-state index contributed by atoms with van der Waals surface area (Å²) in [7, 11) is 0. The van der Waals surface area contributed by atoms with Gasteiger partial charge in [-0.1, -0.05) is 0 Å². The third-order valence-electron chi connectivity index (χ3n) is 1.41. The highest BCUT2D eigenvalue weighted by Crippen LogP contribution is 1.95. The Kier molecular flexibility index (Phi) is 2.60. The average molecular weight is 168 g/mol. The van der Waals surface area contributed by atoms with E-state index in [2.05, 4.69) is 0 Å². The van der Waals surface area contributed by atoms with Crippen LogP contribution < -0.4 is 16.0 Å². The van der Waals surface area contributed by atoms with Gasteiger partial charge in [0, 0.05) is 16.9 Å². The number of amides is 1. The lowest BCUT2D eigenvalue weighted by molar-refractivity contribution is -0.904. The Labute approximate surface area is 69.4 Å². The van der Waals surface area contributed by atoms with Crippen LogP contribution in [0.5, 0.6) is 0 Å². The summed E-state index contributed by atoms with van der Waals surface area (Å²) in [6, 6.07) is 3.27. The van der Waals surface area contributed by atoms with Crippen LogP contribution in [0.25, 0.3) is 0 Å². The maximum Gasteiger partial charge on any atom is 0.238 e. The Balaban J connectivity index is 2.64. The van der Waals surface area contributed by atoms with Gasteiger partial charge in [0.25, 0.3) is 0 Å². The normalized spacial score (nSPS) is 9.42. The molecule has 12 heavy (non-hydrogen) atoms. The lowest BCUT2D eigenvalue weighted by atomic mass is 10.2. The topological polar surface area (TPSA) is 79.2 Å². The van der Waals surface area contributed by atoms with Crippen molar-refractivity contribution < 1.29 is 14.7 Å². The van der Waals surface area contributed by atoms with Gasteiger partial charge in [0.05, 0.1) is 6.42 Å². The second kappa shape index (κ2) is 3.68. The molecule has 0 atom stereocenters. The number of nitrogens with zero attached hydrogens (tertiary/aromatic N) is 1. The van der Waals surface area contributed by atoms with Gasteiger partial charge in [0.2, 0.25) is 18.3 Å². The molecule has 0 aliphatic heterocycles. The van der Waals surface area contributed by atoms with E-state index in [0.717, 1.165) is 10.3 Å². The van der Waals surface area contributed by atoms with Crippen LogP contribution in [0.1, 0.15) is 5.56 Å². The van der Waals surface area contributed by atoms with Crippen LogP contribution in [0.3, 0.4) is 0 Å². The fourth-order valence-corrected chi connectivity index (χ4v) is 0.804. The number of aromatic nitrogens is 1. The standard InChI is InChI=1S/C7H9N3O2/c8-9-7(11)5-6-1-3-10(12)4-2-6/h1-4H,5,8H2,(H-,9,11,12)/p+1. The van der Waals surface area contributed by atoms with Crippen LogP contribution in [-0.2, 0) is 11.2 Å². The minimum Gasteiger partial charge on any atom is -0.294 e. The van der Waals surface area contributed by atoms with Crippen molar-refractivity contribution >= 4 is 5.91 Å². The Morgan fingerprint density at radius 1 is 1.58 bits per heavy atom. The Bertz CT molecular complexity index is 270. The molecule has 0 fully saturated rings. The van der Waals surface area contributed by atoms with Crippen LogP contribution in [0.15, 0.2) is 24.5 Å². The van der Waals surface area contributed by atoms with Gasteiger partial charge in [0.15, 0.2) is 0 Å². The van der Waals surface area contributed by atoms with Crippen molar-refractivity contribution in [1.29, 1.82) is 0 Å². The first-order valence-corrected chi connectivity index (χ1v) is 3.41. The zero-order chi connectivity index (χ0) is 8.97. The smallest absolute Gasteiger partial charge is 0.238 e. The summed E-state index contributed by atoms with van der Waals surface area (Å²) in [4.78, 5) is 10.8. The van der Waals surface area contributed by atoms with E-state index < -0.39 is 0 Å². The van der Waals surface area contributed by atoms with Crippen LogP contribution in [-0.4, -0.2) is 11.1 Å². The number of carbonyl (C=O) groups excluding carboxylic acids is 1. The summed E-state index contributed by atoms with van der Waals surface area (Å²) >= 11 is 0. The second-order valence-corrected chi connectivity index (χ2v) is 2.33. The molecule has 0 aliphatic carbocycles. The SMILES string of the molecule is NNC(=O)Cc1cc[n+](O)cc1. The van der Waals surface area contributed by atoms with Gasteiger partial charge in [-0.25, -0.2) is 5.84 Å². The molecule has 1 aromatic heterocycles. The first-order chi connectivity index (χ1) is 5.72. The summed E-state index contributed by atoms with van der Waals surface area (Å²) in [6.07, 6.45) is 3.11. The number of pyridine rings is 1. The summed E-state index contributed by atoms with van der Waals surface area (Å²) in [5.74, 6) is 4.64. The number of hydrazine groups is 1. The molecule has 1 aromatic rings. The van der Waals surface area contributed by atoms with E-state index in [9.17, 15) is 4.79 Å². The van der Waals surface area contributed by atoms with E-state index in [0.29, 0.717) is 0 Å². The summed E-state index contributed by atoms with van der Waals surface area (Å²) < 4.78 is 0.907. The molecular formula is C7H10N3O2+. The van der Waals surface area contributed by atoms with E-state index in [-0.39, 0.29) is 12.3 Å². The van der Waals surface area contributed by atoms with Gasteiger partial charge < -0.3 is 0 Å². The van der Waals surface area contributed by atoms with E-state index in [1.807, 2.05) is 5.43 Å². The third-order valence-corrected chi connectivity index (χ3v) is 1.41. The highest BCUT2D eigenvalue weighted by atomic mass is 16.5. The quantitative estimate of drug-likeness (QED) is 0.170. The largest absolute Gasteiger partial charge is 0.294 e. The molecule has 1 amide bonds. The lowest BCUT2D eigenvalue weighted by Crippen LogP contribution is -2.32. The van der Waals surface area contributed by atoms with Crippen molar-refractivity contribution in [3.63, 3.8) is 0 Å².